The van der Waals surface area contributed by atoms with Crippen molar-refractivity contribution >= 4 is 33.7 Å². The van der Waals surface area contributed by atoms with Crippen LogP contribution in [0, 0.1) is 20.8 Å². The Morgan fingerprint density at radius 1 is 1.31 bits per heavy atom. The topological polar surface area (TPSA) is 54.9 Å². The van der Waals surface area contributed by atoms with Crippen molar-refractivity contribution in [3.05, 3.63) is 26.7 Å². The first kappa shape index (κ1) is 11.2. The summed E-state index contributed by atoms with van der Waals surface area (Å²) in [4.78, 5) is 21.2. The lowest BCUT2D eigenvalue weighted by molar-refractivity contribution is 0.102. The number of thiazole rings is 2. The maximum atomic E-state index is 11.8. The molecule has 0 atom stereocenters. The molecule has 0 fully saturated rings. The minimum Gasteiger partial charge on any atom is -0.296 e. The zero-order chi connectivity index (χ0) is 11.7. The summed E-state index contributed by atoms with van der Waals surface area (Å²) >= 11 is 2.82. The molecule has 0 aliphatic rings. The molecule has 0 aliphatic carbocycles. The van der Waals surface area contributed by atoms with Gasteiger partial charge in [0.05, 0.1) is 5.69 Å². The van der Waals surface area contributed by atoms with E-state index in [1.54, 1.807) is 0 Å². The van der Waals surface area contributed by atoms with Gasteiger partial charge in [0.1, 0.15) is 0 Å². The van der Waals surface area contributed by atoms with Crippen molar-refractivity contribution < 1.29 is 4.79 Å². The Hall–Kier alpha value is -1.27. The van der Waals surface area contributed by atoms with Gasteiger partial charge in [0, 0.05) is 16.0 Å². The molecule has 0 saturated heterocycles. The lowest BCUT2D eigenvalue weighted by Gasteiger charge is -1.96. The first-order valence-corrected chi connectivity index (χ1v) is 6.43. The number of anilines is 1. The molecule has 4 nitrogen and oxygen atoms in total. The molecule has 1 N–H and O–H groups in total. The summed E-state index contributed by atoms with van der Waals surface area (Å²) in [6.45, 7) is 5.77. The Morgan fingerprint density at radius 2 is 2.06 bits per heavy atom. The molecular weight excluding hydrogens is 242 g/mol. The molecule has 2 aromatic heterocycles. The average Bonchev–Trinajstić information content (AvgIpc) is 2.75. The molecule has 0 spiro atoms. The number of carbonyl (C=O) groups is 1. The number of aromatic nitrogens is 2. The van der Waals surface area contributed by atoms with E-state index in [0.29, 0.717) is 10.1 Å². The summed E-state index contributed by atoms with van der Waals surface area (Å²) in [7, 11) is 0. The van der Waals surface area contributed by atoms with Crippen molar-refractivity contribution in [1.29, 1.82) is 0 Å². The van der Waals surface area contributed by atoms with E-state index in [2.05, 4.69) is 15.3 Å². The van der Waals surface area contributed by atoms with Crippen molar-refractivity contribution in [2.24, 2.45) is 0 Å². The summed E-state index contributed by atoms with van der Waals surface area (Å²) in [5, 5.41) is 5.71. The molecule has 2 heterocycles. The first-order chi connectivity index (χ1) is 7.56. The Kier molecular flexibility index (Phi) is 3.02. The van der Waals surface area contributed by atoms with Gasteiger partial charge in [-0.25, -0.2) is 9.97 Å². The number of hydrogen-bond acceptors (Lipinski definition) is 5. The normalized spacial score (nSPS) is 10.4. The van der Waals surface area contributed by atoms with E-state index in [-0.39, 0.29) is 5.91 Å². The number of nitrogens with zero attached hydrogens (tertiary/aromatic N) is 2. The Bertz CT molecular complexity index is 510. The second-order valence-electron chi connectivity index (χ2n) is 3.41. The van der Waals surface area contributed by atoms with Crippen molar-refractivity contribution in [2.45, 2.75) is 20.8 Å². The van der Waals surface area contributed by atoms with Crippen LogP contribution in [0.2, 0.25) is 0 Å². The molecule has 6 heteroatoms. The van der Waals surface area contributed by atoms with E-state index < -0.39 is 0 Å². The standard InChI is InChI=1S/C10H11N3OS2/c1-5-4-15-9(11-5)8(14)13-10-12-6(2)7(3)16-10/h4H,1-3H3,(H,12,13,14). The van der Waals surface area contributed by atoms with Gasteiger partial charge in [-0.3, -0.25) is 10.1 Å². The van der Waals surface area contributed by atoms with Crippen LogP contribution in [0.5, 0.6) is 0 Å². The van der Waals surface area contributed by atoms with Gasteiger partial charge in [-0.1, -0.05) is 0 Å². The van der Waals surface area contributed by atoms with Gasteiger partial charge in [-0.05, 0) is 20.8 Å². The van der Waals surface area contributed by atoms with Crippen LogP contribution < -0.4 is 5.32 Å². The maximum absolute atomic E-state index is 11.8. The molecular formula is C10H11N3OS2. The van der Waals surface area contributed by atoms with Crippen LogP contribution in [0.25, 0.3) is 0 Å². The molecule has 0 bridgehead atoms. The fourth-order valence-corrected chi connectivity index (χ4v) is 2.63. The molecule has 2 rings (SSSR count). The third-order valence-electron chi connectivity index (χ3n) is 2.06. The third kappa shape index (κ3) is 2.28. The largest absolute Gasteiger partial charge is 0.296 e. The lowest BCUT2D eigenvalue weighted by Crippen LogP contribution is -2.11. The van der Waals surface area contributed by atoms with Gasteiger partial charge in [0.25, 0.3) is 5.91 Å². The highest BCUT2D eigenvalue weighted by atomic mass is 32.1. The number of nitrogens with one attached hydrogen (secondary N) is 1. The smallest absolute Gasteiger partial charge is 0.286 e. The molecule has 0 aromatic carbocycles. The highest BCUT2D eigenvalue weighted by molar-refractivity contribution is 7.16. The lowest BCUT2D eigenvalue weighted by atomic mass is 10.4. The fraction of sp³-hybridized carbons (Fsp3) is 0.300. The van der Waals surface area contributed by atoms with Crippen LogP contribution in [0.1, 0.15) is 26.1 Å². The zero-order valence-electron chi connectivity index (χ0n) is 9.20. The summed E-state index contributed by atoms with van der Waals surface area (Å²) in [5.74, 6) is -0.188. The van der Waals surface area contributed by atoms with Crippen LogP contribution >= 0.6 is 22.7 Å². The molecule has 0 radical (unpaired) electrons. The second kappa shape index (κ2) is 4.31. The molecule has 0 aliphatic heterocycles. The monoisotopic (exact) mass is 253 g/mol. The molecule has 16 heavy (non-hydrogen) atoms. The van der Waals surface area contributed by atoms with Crippen LogP contribution in [0.4, 0.5) is 5.13 Å². The second-order valence-corrected chi connectivity index (χ2v) is 5.47. The summed E-state index contributed by atoms with van der Waals surface area (Å²) in [5.41, 5.74) is 1.82. The van der Waals surface area contributed by atoms with Crippen LogP contribution in [-0.4, -0.2) is 15.9 Å². The van der Waals surface area contributed by atoms with E-state index in [4.69, 9.17) is 0 Å². The number of carbonyl (C=O) groups excluding carboxylic acids is 1. The zero-order valence-corrected chi connectivity index (χ0v) is 10.8. The van der Waals surface area contributed by atoms with Crippen molar-refractivity contribution in [3.8, 4) is 0 Å². The van der Waals surface area contributed by atoms with Gasteiger partial charge in [0.15, 0.2) is 10.1 Å². The van der Waals surface area contributed by atoms with E-state index in [1.165, 1.54) is 22.7 Å². The quantitative estimate of drug-likeness (QED) is 0.895. The number of aryl methyl sites for hydroxylation is 3. The molecule has 1 amide bonds. The van der Waals surface area contributed by atoms with Crippen LogP contribution in [0.3, 0.4) is 0 Å². The average molecular weight is 253 g/mol. The predicted molar refractivity (Wildman–Crippen MR) is 66.4 cm³/mol. The van der Waals surface area contributed by atoms with Gasteiger partial charge in [-0.2, -0.15) is 0 Å². The van der Waals surface area contributed by atoms with Crippen molar-refractivity contribution in [1.82, 2.24) is 9.97 Å². The maximum Gasteiger partial charge on any atom is 0.286 e. The predicted octanol–water partition coefficient (Wildman–Crippen LogP) is 2.78. The number of amides is 1. The summed E-state index contributed by atoms with van der Waals surface area (Å²) in [6, 6.07) is 0. The Labute approximate surface area is 101 Å². The SMILES string of the molecule is Cc1csc(C(=O)Nc2nc(C)c(C)s2)n1. The molecule has 0 unspecified atom stereocenters. The van der Waals surface area contributed by atoms with E-state index in [1.807, 2.05) is 26.2 Å². The highest BCUT2D eigenvalue weighted by Gasteiger charge is 2.12. The van der Waals surface area contributed by atoms with E-state index >= 15 is 0 Å². The molecule has 2 aromatic rings. The summed E-state index contributed by atoms with van der Waals surface area (Å²) < 4.78 is 0. The van der Waals surface area contributed by atoms with Crippen molar-refractivity contribution in [3.63, 3.8) is 0 Å². The van der Waals surface area contributed by atoms with Gasteiger partial charge < -0.3 is 0 Å². The third-order valence-corrected chi connectivity index (χ3v) is 4.01. The summed E-state index contributed by atoms with van der Waals surface area (Å²) in [6.07, 6.45) is 0. The fourth-order valence-electron chi connectivity index (χ4n) is 1.14. The van der Waals surface area contributed by atoms with Gasteiger partial charge in [-0.15, -0.1) is 22.7 Å². The first-order valence-electron chi connectivity index (χ1n) is 4.74. The minimum absolute atomic E-state index is 0.188. The number of rotatable bonds is 2. The van der Waals surface area contributed by atoms with Crippen LogP contribution in [0.15, 0.2) is 5.38 Å². The molecule has 0 saturated carbocycles. The minimum atomic E-state index is -0.188. The number of hydrogen-bond donors (Lipinski definition) is 1. The van der Waals surface area contributed by atoms with Crippen molar-refractivity contribution in [2.75, 3.05) is 5.32 Å². The van der Waals surface area contributed by atoms with E-state index in [0.717, 1.165) is 16.3 Å². The highest BCUT2D eigenvalue weighted by Crippen LogP contribution is 2.22. The van der Waals surface area contributed by atoms with Crippen LogP contribution in [-0.2, 0) is 0 Å². The van der Waals surface area contributed by atoms with E-state index in [9.17, 15) is 4.79 Å². The van der Waals surface area contributed by atoms with Gasteiger partial charge >= 0.3 is 0 Å². The molecule has 84 valence electrons. The Balaban J connectivity index is 2.13. The Morgan fingerprint density at radius 3 is 2.56 bits per heavy atom. The van der Waals surface area contributed by atoms with Gasteiger partial charge in [0.2, 0.25) is 0 Å².